The summed E-state index contributed by atoms with van der Waals surface area (Å²) in [6.45, 7) is 0. The molecule has 0 spiro atoms. The number of nitrogens with one attached hydrogen (secondary N) is 2. The number of nitro benzene ring substituents is 1. The molecule has 0 aliphatic heterocycles. The number of rotatable bonds is 4. The number of hydrogen-bond acceptors (Lipinski definition) is 7. The van der Waals surface area contributed by atoms with Gasteiger partial charge < -0.3 is 10.7 Å². The van der Waals surface area contributed by atoms with Crippen LogP contribution in [0.1, 0.15) is 10.5 Å². The molecule has 9 nitrogen and oxygen atoms in total. The molecule has 2 aromatic rings. The van der Waals surface area contributed by atoms with Gasteiger partial charge in [-0.05, 0) is 6.07 Å². The largest absolute Gasteiger partial charge is 0.320 e. The number of non-ortho nitro benzene ring substituents is 1. The molecule has 0 atom stereocenters. The van der Waals surface area contributed by atoms with Gasteiger partial charge in [-0.15, -0.1) is 0 Å². The average Bonchev–Trinajstić information content (AvgIpc) is 2.46. The highest BCUT2D eigenvalue weighted by atomic mass is 19.1. The van der Waals surface area contributed by atoms with E-state index in [9.17, 15) is 19.3 Å². The second kappa shape index (κ2) is 5.88. The quantitative estimate of drug-likeness (QED) is 0.435. The Morgan fingerprint density at radius 2 is 2.05 bits per heavy atom. The highest BCUT2D eigenvalue weighted by Gasteiger charge is 2.13. The lowest BCUT2D eigenvalue weighted by Gasteiger charge is -2.05. The van der Waals surface area contributed by atoms with Crippen LogP contribution < -0.4 is 16.6 Å². The van der Waals surface area contributed by atoms with Crippen LogP contribution in [0.2, 0.25) is 0 Å². The van der Waals surface area contributed by atoms with Crippen molar-refractivity contribution in [2.75, 3.05) is 10.7 Å². The Labute approximate surface area is 117 Å². The number of nitrogens with two attached hydrogens (primary N) is 1. The first kappa shape index (κ1) is 14.3. The second-order valence-electron chi connectivity index (χ2n) is 3.84. The molecular formula is C11H9FN6O3. The molecule has 4 N–H and O–H groups in total. The number of aromatic nitrogens is 2. The van der Waals surface area contributed by atoms with Gasteiger partial charge >= 0.3 is 0 Å². The van der Waals surface area contributed by atoms with Crippen molar-refractivity contribution in [1.29, 1.82) is 0 Å². The molecule has 0 unspecified atom stereocenters. The zero-order chi connectivity index (χ0) is 15.4. The number of anilines is 2. The van der Waals surface area contributed by atoms with Crippen molar-refractivity contribution in [2.45, 2.75) is 0 Å². The summed E-state index contributed by atoms with van der Waals surface area (Å²) in [5.74, 6) is 3.83. The first-order valence-corrected chi connectivity index (χ1v) is 5.54. The van der Waals surface area contributed by atoms with Crippen LogP contribution in [0, 0.1) is 15.9 Å². The van der Waals surface area contributed by atoms with E-state index in [1.54, 1.807) is 0 Å². The number of carbonyl (C=O) groups is 1. The Bertz CT molecular complexity index is 691. The molecule has 0 radical (unpaired) electrons. The summed E-state index contributed by atoms with van der Waals surface area (Å²) in [6.07, 6.45) is 2.38. The van der Waals surface area contributed by atoms with Crippen molar-refractivity contribution in [3.63, 3.8) is 0 Å². The van der Waals surface area contributed by atoms with Crippen LogP contribution in [-0.4, -0.2) is 20.8 Å². The Kier molecular flexibility index (Phi) is 4.00. The third kappa shape index (κ3) is 3.45. The standard InChI is InChI=1S/C11H9FN6O3/c12-6-1-7(3-8(2-6)18(20)21)16-11(19)9-4-15-10(17-13)5-14-9/h1-5H,13H2,(H,15,17)(H,16,19). The fourth-order valence-corrected chi connectivity index (χ4v) is 1.47. The highest BCUT2D eigenvalue weighted by Crippen LogP contribution is 2.20. The number of amides is 1. The van der Waals surface area contributed by atoms with Crippen molar-refractivity contribution in [3.05, 3.63) is 52.2 Å². The summed E-state index contributed by atoms with van der Waals surface area (Å²) in [6, 6.07) is 2.73. The minimum absolute atomic E-state index is 0.0547. The van der Waals surface area contributed by atoms with Crippen molar-refractivity contribution in [2.24, 2.45) is 5.84 Å². The van der Waals surface area contributed by atoms with Gasteiger partial charge in [0, 0.05) is 6.07 Å². The molecule has 2 rings (SSSR count). The van der Waals surface area contributed by atoms with Gasteiger partial charge in [-0.3, -0.25) is 14.9 Å². The van der Waals surface area contributed by atoms with E-state index in [0.717, 1.165) is 24.4 Å². The average molecular weight is 292 g/mol. The van der Waals surface area contributed by atoms with Crippen molar-refractivity contribution < 1.29 is 14.1 Å². The highest BCUT2D eigenvalue weighted by molar-refractivity contribution is 6.02. The monoisotopic (exact) mass is 292 g/mol. The zero-order valence-electron chi connectivity index (χ0n) is 10.4. The summed E-state index contributed by atoms with van der Waals surface area (Å²) in [4.78, 5) is 29.3. The Morgan fingerprint density at radius 1 is 1.29 bits per heavy atom. The molecule has 1 aromatic heterocycles. The number of carbonyl (C=O) groups excluding carboxylic acids is 1. The van der Waals surface area contributed by atoms with Crippen molar-refractivity contribution in [3.8, 4) is 0 Å². The first-order chi connectivity index (χ1) is 9.99. The predicted octanol–water partition coefficient (Wildman–Crippen LogP) is 1.06. The maximum Gasteiger partial charge on any atom is 0.275 e. The molecular weight excluding hydrogens is 283 g/mol. The number of hydrazine groups is 1. The van der Waals surface area contributed by atoms with Gasteiger partial charge in [0.25, 0.3) is 11.6 Å². The van der Waals surface area contributed by atoms with E-state index in [2.05, 4.69) is 20.7 Å². The molecule has 21 heavy (non-hydrogen) atoms. The summed E-state index contributed by atoms with van der Waals surface area (Å²) in [7, 11) is 0. The fraction of sp³-hybridized carbons (Fsp3) is 0. The third-order valence-electron chi connectivity index (χ3n) is 2.38. The van der Waals surface area contributed by atoms with Crippen LogP contribution >= 0.6 is 0 Å². The number of halogens is 1. The van der Waals surface area contributed by atoms with Gasteiger partial charge in [-0.25, -0.2) is 20.2 Å². The SMILES string of the molecule is NNc1cnc(C(=O)Nc2cc(F)cc([N+](=O)[O-])c2)cn1. The van der Waals surface area contributed by atoms with Crippen LogP contribution in [-0.2, 0) is 0 Å². The van der Waals surface area contributed by atoms with Crippen LogP contribution in [0.25, 0.3) is 0 Å². The molecule has 1 heterocycles. The van der Waals surface area contributed by atoms with Gasteiger partial charge in [0.15, 0.2) is 5.82 Å². The molecule has 0 aliphatic carbocycles. The lowest BCUT2D eigenvalue weighted by molar-refractivity contribution is -0.385. The zero-order valence-corrected chi connectivity index (χ0v) is 10.4. The van der Waals surface area contributed by atoms with Crippen LogP contribution in [0.15, 0.2) is 30.6 Å². The summed E-state index contributed by atoms with van der Waals surface area (Å²) in [5, 5.41) is 12.9. The van der Waals surface area contributed by atoms with Crippen LogP contribution in [0.5, 0.6) is 0 Å². The maximum atomic E-state index is 13.2. The fourth-order valence-electron chi connectivity index (χ4n) is 1.47. The lowest BCUT2D eigenvalue weighted by Crippen LogP contribution is -2.15. The topological polar surface area (TPSA) is 136 Å². The first-order valence-electron chi connectivity index (χ1n) is 5.54. The molecule has 0 bridgehead atoms. The minimum Gasteiger partial charge on any atom is -0.320 e. The molecule has 0 fully saturated rings. The summed E-state index contributed by atoms with van der Waals surface area (Å²) < 4.78 is 13.2. The van der Waals surface area contributed by atoms with Gasteiger partial charge in [-0.1, -0.05) is 0 Å². The number of hydrogen-bond donors (Lipinski definition) is 3. The van der Waals surface area contributed by atoms with Crippen LogP contribution in [0.3, 0.4) is 0 Å². The lowest BCUT2D eigenvalue weighted by atomic mass is 10.2. The van der Waals surface area contributed by atoms with E-state index in [0.29, 0.717) is 0 Å². The van der Waals surface area contributed by atoms with E-state index >= 15 is 0 Å². The second-order valence-corrected chi connectivity index (χ2v) is 3.84. The molecule has 0 saturated heterocycles. The minimum atomic E-state index is -0.840. The predicted molar refractivity (Wildman–Crippen MR) is 70.8 cm³/mol. The van der Waals surface area contributed by atoms with Crippen molar-refractivity contribution >= 4 is 23.1 Å². The molecule has 1 aromatic carbocycles. The maximum absolute atomic E-state index is 13.2. The number of nitro groups is 1. The van der Waals surface area contributed by atoms with E-state index in [1.807, 2.05) is 0 Å². The molecule has 0 saturated carbocycles. The molecule has 1 amide bonds. The van der Waals surface area contributed by atoms with E-state index in [-0.39, 0.29) is 17.2 Å². The number of nitrogens with zero attached hydrogens (tertiary/aromatic N) is 3. The molecule has 108 valence electrons. The van der Waals surface area contributed by atoms with E-state index in [1.165, 1.54) is 6.20 Å². The molecule has 10 heteroatoms. The van der Waals surface area contributed by atoms with Gasteiger partial charge in [0.1, 0.15) is 11.5 Å². The smallest absolute Gasteiger partial charge is 0.275 e. The molecule has 0 aliphatic rings. The van der Waals surface area contributed by atoms with Gasteiger partial charge in [0.05, 0.1) is 29.1 Å². The van der Waals surface area contributed by atoms with E-state index < -0.39 is 22.3 Å². The van der Waals surface area contributed by atoms with Crippen molar-refractivity contribution in [1.82, 2.24) is 9.97 Å². The van der Waals surface area contributed by atoms with Gasteiger partial charge in [-0.2, -0.15) is 0 Å². The van der Waals surface area contributed by atoms with Crippen LogP contribution in [0.4, 0.5) is 21.6 Å². The Hall–Kier alpha value is -3.14. The van der Waals surface area contributed by atoms with Gasteiger partial charge in [0.2, 0.25) is 0 Å². The summed E-state index contributed by atoms with van der Waals surface area (Å²) in [5.41, 5.74) is 1.65. The van der Waals surface area contributed by atoms with E-state index in [4.69, 9.17) is 5.84 Å². The Balaban J connectivity index is 2.20. The summed E-state index contributed by atoms with van der Waals surface area (Å²) >= 11 is 0. The third-order valence-corrected chi connectivity index (χ3v) is 2.38. The number of benzene rings is 1. The normalized spacial score (nSPS) is 10.0. The Morgan fingerprint density at radius 3 is 2.62 bits per heavy atom. The number of nitrogen functional groups attached to an aromatic ring is 1.